The molecule has 142 valence electrons. The van der Waals surface area contributed by atoms with Crippen molar-refractivity contribution in [1.82, 2.24) is 0 Å². The number of rotatable bonds is 7. The molecule has 0 saturated heterocycles. The summed E-state index contributed by atoms with van der Waals surface area (Å²) >= 11 is 0. The van der Waals surface area contributed by atoms with Gasteiger partial charge in [-0.3, -0.25) is 0 Å². The van der Waals surface area contributed by atoms with Crippen LogP contribution in [-0.4, -0.2) is 0 Å². The number of nitrogens with two attached hydrogens (primary N) is 1. The summed E-state index contributed by atoms with van der Waals surface area (Å²) in [5.41, 5.74) is 12.0. The lowest BCUT2D eigenvalue weighted by molar-refractivity contribution is 0.306. The summed E-state index contributed by atoms with van der Waals surface area (Å²) < 4.78 is 5.99. The van der Waals surface area contributed by atoms with E-state index in [0.717, 1.165) is 28.9 Å². The highest BCUT2D eigenvalue weighted by Crippen LogP contribution is 2.29. The zero-order chi connectivity index (χ0) is 18.4. The molecule has 0 unspecified atom stereocenters. The first kappa shape index (κ1) is 21.0. The maximum Gasteiger partial charge on any atom is 0.120 e. The fourth-order valence-electron chi connectivity index (χ4n) is 3.12. The minimum atomic E-state index is 0. The van der Waals surface area contributed by atoms with Gasteiger partial charge in [0, 0.05) is 6.54 Å². The molecule has 3 aromatic rings. The molecule has 0 spiro atoms. The summed E-state index contributed by atoms with van der Waals surface area (Å²) in [4.78, 5) is 0. The lowest BCUT2D eigenvalue weighted by atomic mass is 9.96. The van der Waals surface area contributed by atoms with Crippen LogP contribution in [-0.2, 0) is 19.6 Å². The Hall–Kier alpha value is -2.29. The topological polar surface area (TPSA) is 35.2 Å². The van der Waals surface area contributed by atoms with E-state index in [9.17, 15) is 0 Å². The fourth-order valence-corrected chi connectivity index (χ4v) is 3.12. The van der Waals surface area contributed by atoms with E-state index in [0.29, 0.717) is 19.1 Å². The third kappa shape index (κ3) is 5.85. The van der Waals surface area contributed by atoms with Crippen LogP contribution >= 0.6 is 12.4 Å². The van der Waals surface area contributed by atoms with E-state index in [4.69, 9.17) is 10.5 Å². The van der Waals surface area contributed by atoms with Crippen molar-refractivity contribution in [2.45, 2.75) is 33.4 Å². The highest BCUT2D eigenvalue weighted by atomic mass is 35.5. The minimum absolute atomic E-state index is 0. The maximum absolute atomic E-state index is 5.99. The smallest absolute Gasteiger partial charge is 0.120 e. The summed E-state index contributed by atoms with van der Waals surface area (Å²) in [5.74, 6) is 1.53. The summed E-state index contributed by atoms with van der Waals surface area (Å²) in [5, 5.41) is 0. The predicted octanol–water partition coefficient (Wildman–Crippen LogP) is 6.01. The average molecular weight is 382 g/mol. The van der Waals surface area contributed by atoms with Crippen molar-refractivity contribution in [3.05, 3.63) is 89.5 Å². The Morgan fingerprint density at radius 3 is 2.19 bits per heavy atom. The third-order valence-corrected chi connectivity index (χ3v) is 4.46. The maximum atomic E-state index is 5.99. The largest absolute Gasteiger partial charge is 0.489 e. The highest BCUT2D eigenvalue weighted by molar-refractivity contribution is 5.85. The quantitative estimate of drug-likeness (QED) is 0.543. The highest BCUT2D eigenvalue weighted by Gasteiger charge is 2.07. The van der Waals surface area contributed by atoms with E-state index in [2.05, 4.69) is 62.4 Å². The first-order chi connectivity index (χ1) is 12.7. The Kier molecular flexibility index (Phi) is 7.90. The number of benzene rings is 3. The Labute approximate surface area is 168 Å². The van der Waals surface area contributed by atoms with Crippen LogP contribution in [0.15, 0.2) is 72.8 Å². The lowest BCUT2D eigenvalue weighted by Gasteiger charge is -2.13. The second-order valence-electron chi connectivity index (χ2n) is 7.09. The standard InChI is InChI=1S/C24H27NO.ClH/c1-18(2)14-19-8-10-21(11-9-19)24-15-23(13-12-22(24)16-25)26-17-20-6-4-3-5-7-20;/h3-13,15,18H,14,16-17,25H2,1-2H3;1H. The van der Waals surface area contributed by atoms with Crippen molar-refractivity contribution in [3.8, 4) is 16.9 Å². The summed E-state index contributed by atoms with van der Waals surface area (Å²) in [6, 6.07) is 25.2. The molecule has 2 nitrogen and oxygen atoms in total. The van der Waals surface area contributed by atoms with Gasteiger partial charge in [0.05, 0.1) is 0 Å². The molecule has 2 N–H and O–H groups in total. The van der Waals surface area contributed by atoms with E-state index in [-0.39, 0.29) is 12.4 Å². The SMILES string of the molecule is CC(C)Cc1ccc(-c2cc(OCc3ccccc3)ccc2CN)cc1.Cl. The van der Waals surface area contributed by atoms with Crippen LogP contribution in [0.4, 0.5) is 0 Å². The van der Waals surface area contributed by atoms with Crippen LogP contribution in [0, 0.1) is 5.92 Å². The molecule has 0 bridgehead atoms. The van der Waals surface area contributed by atoms with Crippen LogP contribution in [0.1, 0.15) is 30.5 Å². The van der Waals surface area contributed by atoms with Crippen LogP contribution in [0.2, 0.25) is 0 Å². The monoisotopic (exact) mass is 381 g/mol. The molecule has 0 saturated carbocycles. The first-order valence-electron chi connectivity index (χ1n) is 9.24. The van der Waals surface area contributed by atoms with E-state index in [1.165, 1.54) is 11.1 Å². The Balaban J connectivity index is 0.00000261. The number of ether oxygens (including phenoxy) is 1. The molecule has 0 radical (unpaired) electrons. The molecule has 0 aliphatic heterocycles. The summed E-state index contributed by atoms with van der Waals surface area (Å²) in [7, 11) is 0. The number of halogens is 1. The van der Waals surface area contributed by atoms with E-state index < -0.39 is 0 Å². The minimum Gasteiger partial charge on any atom is -0.489 e. The van der Waals surface area contributed by atoms with Gasteiger partial charge < -0.3 is 10.5 Å². The Bertz CT molecular complexity index is 829. The zero-order valence-corrected chi connectivity index (χ0v) is 16.8. The average Bonchev–Trinajstić information content (AvgIpc) is 2.67. The van der Waals surface area contributed by atoms with Gasteiger partial charge in [-0.05, 0) is 52.3 Å². The molecule has 27 heavy (non-hydrogen) atoms. The normalized spacial score (nSPS) is 10.5. The van der Waals surface area contributed by atoms with Crippen LogP contribution < -0.4 is 10.5 Å². The molecule has 0 amide bonds. The van der Waals surface area contributed by atoms with Crippen molar-refractivity contribution in [3.63, 3.8) is 0 Å². The van der Waals surface area contributed by atoms with Gasteiger partial charge in [0.1, 0.15) is 12.4 Å². The molecule has 0 heterocycles. The van der Waals surface area contributed by atoms with Crippen molar-refractivity contribution in [2.75, 3.05) is 0 Å². The molecule has 0 fully saturated rings. The number of hydrogen-bond acceptors (Lipinski definition) is 2. The van der Waals surface area contributed by atoms with Crippen molar-refractivity contribution in [1.29, 1.82) is 0 Å². The Morgan fingerprint density at radius 2 is 1.56 bits per heavy atom. The molecule has 3 rings (SSSR count). The lowest BCUT2D eigenvalue weighted by Crippen LogP contribution is -2.01. The molecule has 0 aromatic heterocycles. The fraction of sp³-hybridized carbons (Fsp3) is 0.250. The molecule has 3 aromatic carbocycles. The molecular formula is C24H28ClNO. The van der Waals surface area contributed by atoms with Gasteiger partial charge in [0.25, 0.3) is 0 Å². The first-order valence-corrected chi connectivity index (χ1v) is 9.24. The molecule has 0 atom stereocenters. The van der Waals surface area contributed by atoms with Gasteiger partial charge in [-0.2, -0.15) is 0 Å². The third-order valence-electron chi connectivity index (χ3n) is 4.46. The second kappa shape index (κ2) is 10.1. The summed E-state index contributed by atoms with van der Waals surface area (Å²) in [6.45, 7) is 5.57. The van der Waals surface area contributed by atoms with Crippen molar-refractivity contribution >= 4 is 12.4 Å². The van der Waals surface area contributed by atoms with Crippen LogP contribution in [0.5, 0.6) is 5.75 Å². The molecular weight excluding hydrogens is 354 g/mol. The van der Waals surface area contributed by atoms with E-state index >= 15 is 0 Å². The Morgan fingerprint density at radius 1 is 0.852 bits per heavy atom. The van der Waals surface area contributed by atoms with Crippen molar-refractivity contribution < 1.29 is 4.74 Å². The van der Waals surface area contributed by atoms with E-state index in [1.807, 2.05) is 24.3 Å². The van der Waals surface area contributed by atoms with Gasteiger partial charge >= 0.3 is 0 Å². The molecule has 3 heteroatoms. The van der Waals surface area contributed by atoms with Gasteiger partial charge in [0.2, 0.25) is 0 Å². The van der Waals surface area contributed by atoms with Gasteiger partial charge in [-0.25, -0.2) is 0 Å². The van der Waals surface area contributed by atoms with Gasteiger partial charge in [-0.15, -0.1) is 12.4 Å². The van der Waals surface area contributed by atoms with Crippen LogP contribution in [0.3, 0.4) is 0 Å². The number of hydrogen-bond donors (Lipinski definition) is 1. The molecule has 0 aliphatic rings. The predicted molar refractivity (Wildman–Crippen MR) is 116 cm³/mol. The van der Waals surface area contributed by atoms with Gasteiger partial charge in [-0.1, -0.05) is 74.5 Å². The van der Waals surface area contributed by atoms with Crippen molar-refractivity contribution in [2.24, 2.45) is 11.7 Å². The second-order valence-corrected chi connectivity index (χ2v) is 7.09. The van der Waals surface area contributed by atoms with E-state index in [1.54, 1.807) is 0 Å². The summed E-state index contributed by atoms with van der Waals surface area (Å²) in [6.07, 6.45) is 1.10. The van der Waals surface area contributed by atoms with Gasteiger partial charge in [0.15, 0.2) is 0 Å². The molecule has 0 aliphatic carbocycles. The zero-order valence-electron chi connectivity index (χ0n) is 16.0. The van der Waals surface area contributed by atoms with Crippen LogP contribution in [0.25, 0.3) is 11.1 Å².